The van der Waals surface area contributed by atoms with E-state index in [1.807, 2.05) is 16.5 Å². The van der Waals surface area contributed by atoms with Gasteiger partial charge in [0.05, 0.1) is 11.2 Å². The number of hydrogen-bond acceptors (Lipinski definition) is 5. The summed E-state index contributed by atoms with van der Waals surface area (Å²) in [6.07, 6.45) is 3.31. The van der Waals surface area contributed by atoms with Gasteiger partial charge in [0.2, 0.25) is 12.7 Å². The van der Waals surface area contributed by atoms with Gasteiger partial charge in [-0.1, -0.05) is 13.0 Å². The molecule has 0 N–H and O–H groups in total. The highest BCUT2D eigenvalue weighted by Crippen LogP contribution is 2.37. The second-order valence-corrected chi connectivity index (χ2v) is 7.94. The molecule has 2 aromatic rings. The average Bonchev–Trinajstić information content (AvgIpc) is 3.27. The standard InChI is InChI=1S/C19H22N2O3S/c1-19(9-14-2-3-16-17(8-14)24-13-23-16)6-4-18(22)21(11-19)7-5-15-10-25-12-20-15/h2-3,8,10,12H,4-7,9,11,13H2,1H3. The first-order valence-corrected chi connectivity index (χ1v) is 9.59. The molecular formula is C19H22N2O3S. The number of thiazole rings is 1. The summed E-state index contributed by atoms with van der Waals surface area (Å²) in [4.78, 5) is 18.6. The Morgan fingerprint density at radius 1 is 1.32 bits per heavy atom. The third-order valence-electron chi connectivity index (χ3n) is 5.06. The van der Waals surface area contributed by atoms with Crippen LogP contribution in [-0.2, 0) is 17.6 Å². The summed E-state index contributed by atoms with van der Waals surface area (Å²) in [5.74, 6) is 1.91. The van der Waals surface area contributed by atoms with Crippen molar-refractivity contribution in [1.82, 2.24) is 9.88 Å². The lowest BCUT2D eigenvalue weighted by molar-refractivity contribution is -0.137. The zero-order valence-electron chi connectivity index (χ0n) is 14.4. The van der Waals surface area contributed by atoms with Crippen LogP contribution in [0, 0.1) is 5.41 Å². The first-order valence-electron chi connectivity index (χ1n) is 8.65. The minimum Gasteiger partial charge on any atom is -0.454 e. The van der Waals surface area contributed by atoms with Gasteiger partial charge >= 0.3 is 0 Å². The van der Waals surface area contributed by atoms with Gasteiger partial charge < -0.3 is 14.4 Å². The topological polar surface area (TPSA) is 51.7 Å². The molecule has 3 heterocycles. The van der Waals surface area contributed by atoms with Crippen molar-refractivity contribution in [3.63, 3.8) is 0 Å². The molecule has 4 rings (SSSR count). The third-order valence-corrected chi connectivity index (χ3v) is 5.69. The fraction of sp³-hybridized carbons (Fsp3) is 0.474. The maximum absolute atomic E-state index is 12.3. The summed E-state index contributed by atoms with van der Waals surface area (Å²) in [7, 11) is 0. The summed E-state index contributed by atoms with van der Waals surface area (Å²) in [5, 5.41) is 2.06. The Hall–Kier alpha value is -2.08. The first-order chi connectivity index (χ1) is 12.1. The fourth-order valence-electron chi connectivity index (χ4n) is 3.70. The average molecular weight is 358 g/mol. The summed E-state index contributed by atoms with van der Waals surface area (Å²) >= 11 is 1.60. The third kappa shape index (κ3) is 3.63. The zero-order chi connectivity index (χ0) is 17.3. The Morgan fingerprint density at radius 2 is 2.20 bits per heavy atom. The predicted octanol–water partition coefficient (Wildman–Crippen LogP) is 3.29. The minimum atomic E-state index is 0.0870. The second-order valence-electron chi connectivity index (χ2n) is 7.22. The van der Waals surface area contributed by atoms with Gasteiger partial charge in [0.1, 0.15) is 0 Å². The van der Waals surface area contributed by atoms with Crippen LogP contribution >= 0.6 is 11.3 Å². The summed E-state index contributed by atoms with van der Waals surface area (Å²) in [6.45, 7) is 4.12. The lowest BCUT2D eigenvalue weighted by atomic mass is 9.76. The van der Waals surface area contributed by atoms with E-state index in [0.29, 0.717) is 13.2 Å². The molecule has 1 atom stereocenters. The van der Waals surface area contributed by atoms with Gasteiger partial charge in [-0.15, -0.1) is 11.3 Å². The van der Waals surface area contributed by atoms with Gasteiger partial charge in [0, 0.05) is 31.3 Å². The number of fused-ring (bicyclic) bond motifs is 1. The van der Waals surface area contributed by atoms with Crippen LogP contribution in [0.4, 0.5) is 0 Å². The Labute approximate surface area is 151 Å². The quantitative estimate of drug-likeness (QED) is 0.823. The summed E-state index contributed by atoms with van der Waals surface area (Å²) in [6, 6.07) is 6.16. The first kappa shape index (κ1) is 16.4. The van der Waals surface area contributed by atoms with Crippen molar-refractivity contribution >= 4 is 17.2 Å². The Bertz CT molecular complexity index is 762. The van der Waals surface area contributed by atoms with Gasteiger partial charge in [-0.25, -0.2) is 4.98 Å². The van der Waals surface area contributed by atoms with Gasteiger partial charge in [-0.2, -0.15) is 0 Å². The van der Waals surface area contributed by atoms with Gasteiger partial charge in [0.15, 0.2) is 11.5 Å². The SMILES string of the molecule is CC1(Cc2ccc3c(c2)OCO3)CCC(=O)N(CCc2cscn2)C1. The fourth-order valence-corrected chi connectivity index (χ4v) is 4.29. The highest BCUT2D eigenvalue weighted by molar-refractivity contribution is 7.07. The number of piperidine rings is 1. The smallest absolute Gasteiger partial charge is 0.231 e. The zero-order valence-corrected chi connectivity index (χ0v) is 15.2. The molecule has 1 aromatic carbocycles. The van der Waals surface area contributed by atoms with Gasteiger partial charge in [-0.05, 0) is 36.0 Å². The lowest BCUT2D eigenvalue weighted by Crippen LogP contribution is -2.46. The number of carbonyl (C=O) groups is 1. The van der Waals surface area contributed by atoms with E-state index in [-0.39, 0.29) is 11.3 Å². The molecule has 0 saturated carbocycles. The molecule has 1 fully saturated rings. The van der Waals surface area contributed by atoms with Crippen molar-refractivity contribution in [3.05, 3.63) is 40.3 Å². The molecule has 1 unspecified atom stereocenters. The van der Waals surface area contributed by atoms with E-state index in [1.54, 1.807) is 11.3 Å². The minimum absolute atomic E-state index is 0.0870. The number of amides is 1. The number of carbonyl (C=O) groups excluding carboxylic acids is 1. The van der Waals surface area contributed by atoms with Crippen molar-refractivity contribution in [2.24, 2.45) is 5.41 Å². The number of ether oxygens (including phenoxy) is 2. The normalized spacial score (nSPS) is 22.4. The molecule has 0 radical (unpaired) electrons. The van der Waals surface area contributed by atoms with Crippen molar-refractivity contribution in [2.45, 2.75) is 32.6 Å². The maximum Gasteiger partial charge on any atom is 0.231 e. The van der Waals surface area contributed by atoms with Crippen LogP contribution in [0.1, 0.15) is 31.0 Å². The molecule has 0 bridgehead atoms. The molecule has 1 amide bonds. The van der Waals surface area contributed by atoms with Crippen LogP contribution < -0.4 is 9.47 Å². The highest BCUT2D eigenvalue weighted by atomic mass is 32.1. The van der Waals surface area contributed by atoms with E-state index in [1.165, 1.54) is 5.56 Å². The van der Waals surface area contributed by atoms with Crippen molar-refractivity contribution in [2.75, 3.05) is 19.9 Å². The van der Waals surface area contributed by atoms with Crippen molar-refractivity contribution < 1.29 is 14.3 Å². The van der Waals surface area contributed by atoms with Crippen LogP contribution in [0.15, 0.2) is 29.1 Å². The molecule has 25 heavy (non-hydrogen) atoms. The summed E-state index contributed by atoms with van der Waals surface area (Å²) < 4.78 is 10.9. The van der Waals surface area contributed by atoms with E-state index < -0.39 is 0 Å². The second kappa shape index (κ2) is 6.67. The van der Waals surface area contributed by atoms with E-state index in [0.717, 1.165) is 49.5 Å². The van der Waals surface area contributed by atoms with Gasteiger partial charge in [0.25, 0.3) is 0 Å². The highest BCUT2D eigenvalue weighted by Gasteiger charge is 2.35. The molecule has 1 saturated heterocycles. The molecular weight excluding hydrogens is 336 g/mol. The Morgan fingerprint density at radius 3 is 3.04 bits per heavy atom. The van der Waals surface area contributed by atoms with Crippen LogP contribution in [0.3, 0.4) is 0 Å². The maximum atomic E-state index is 12.3. The lowest BCUT2D eigenvalue weighted by Gasteiger charge is -2.40. The molecule has 0 spiro atoms. The van der Waals surface area contributed by atoms with E-state index >= 15 is 0 Å². The van der Waals surface area contributed by atoms with Crippen molar-refractivity contribution in [3.8, 4) is 11.5 Å². The number of rotatable bonds is 5. The van der Waals surface area contributed by atoms with Crippen LogP contribution in [-0.4, -0.2) is 35.7 Å². The van der Waals surface area contributed by atoms with E-state index in [9.17, 15) is 4.79 Å². The van der Waals surface area contributed by atoms with E-state index in [4.69, 9.17) is 9.47 Å². The van der Waals surface area contributed by atoms with Crippen molar-refractivity contribution in [1.29, 1.82) is 0 Å². The molecule has 132 valence electrons. The monoisotopic (exact) mass is 358 g/mol. The molecule has 2 aliphatic heterocycles. The number of likely N-dealkylation sites (tertiary alicyclic amines) is 1. The molecule has 5 nitrogen and oxygen atoms in total. The van der Waals surface area contributed by atoms with Crippen LogP contribution in [0.25, 0.3) is 0 Å². The van der Waals surface area contributed by atoms with Crippen LogP contribution in [0.5, 0.6) is 11.5 Å². The molecule has 1 aromatic heterocycles. The Balaban J connectivity index is 1.42. The summed E-state index contributed by atoms with van der Waals surface area (Å²) in [5.41, 5.74) is 4.24. The number of aromatic nitrogens is 1. The molecule has 2 aliphatic rings. The van der Waals surface area contributed by atoms with Crippen LogP contribution in [0.2, 0.25) is 0 Å². The predicted molar refractivity (Wildman–Crippen MR) is 96.0 cm³/mol. The van der Waals surface area contributed by atoms with E-state index in [2.05, 4.69) is 29.4 Å². The largest absolute Gasteiger partial charge is 0.454 e. The Kier molecular flexibility index (Phi) is 4.37. The van der Waals surface area contributed by atoms with Gasteiger partial charge in [-0.3, -0.25) is 4.79 Å². The number of hydrogen-bond donors (Lipinski definition) is 0. The molecule has 0 aliphatic carbocycles. The molecule has 6 heteroatoms. The number of nitrogens with zero attached hydrogens (tertiary/aromatic N) is 2. The number of benzene rings is 1.